The van der Waals surface area contributed by atoms with Gasteiger partial charge in [-0.25, -0.2) is 9.89 Å². The molecule has 0 radical (unpaired) electrons. The molecule has 5 rings (SSSR count). The Bertz CT molecular complexity index is 1020. The molecule has 1 aromatic carbocycles. The van der Waals surface area contributed by atoms with E-state index in [0.717, 1.165) is 52.2 Å². The number of carbonyl (C=O) groups excluding carboxylic acids is 1. The highest BCUT2D eigenvalue weighted by Crippen LogP contribution is 2.31. The first kappa shape index (κ1) is 18.0. The SMILES string of the molecule is Cc1cc(NC2=CN(Sc3ccc(NC(=O)C4CC4)cc3)CC3=CN=C[NH+]32)n[nH]1. The molecule has 148 valence electrons. The number of rotatable bonds is 6. The Morgan fingerprint density at radius 2 is 2.14 bits per heavy atom. The number of aliphatic imine (C=N–C) groups is 1. The highest BCUT2D eigenvalue weighted by molar-refractivity contribution is 7.97. The lowest BCUT2D eigenvalue weighted by atomic mass is 10.3. The summed E-state index contributed by atoms with van der Waals surface area (Å²) in [6.07, 6.45) is 7.89. The van der Waals surface area contributed by atoms with E-state index in [4.69, 9.17) is 0 Å². The van der Waals surface area contributed by atoms with Gasteiger partial charge in [0.15, 0.2) is 17.9 Å². The number of benzene rings is 1. The minimum atomic E-state index is 0.130. The predicted molar refractivity (Wildman–Crippen MR) is 113 cm³/mol. The van der Waals surface area contributed by atoms with Gasteiger partial charge in [-0.1, -0.05) is 0 Å². The van der Waals surface area contributed by atoms with Crippen LogP contribution < -0.4 is 15.5 Å². The molecule has 1 aliphatic carbocycles. The second-order valence-electron chi connectivity index (χ2n) is 7.40. The maximum atomic E-state index is 11.9. The molecular weight excluding hydrogens is 386 g/mol. The Morgan fingerprint density at radius 1 is 1.31 bits per heavy atom. The van der Waals surface area contributed by atoms with Crippen molar-refractivity contribution in [3.05, 3.63) is 59.9 Å². The number of hydrogen-bond donors (Lipinski definition) is 4. The van der Waals surface area contributed by atoms with Crippen LogP contribution in [0.1, 0.15) is 18.5 Å². The molecule has 4 N–H and O–H groups in total. The predicted octanol–water partition coefficient (Wildman–Crippen LogP) is 2.07. The lowest BCUT2D eigenvalue weighted by Gasteiger charge is -2.28. The molecule has 29 heavy (non-hydrogen) atoms. The molecule has 1 amide bonds. The van der Waals surface area contributed by atoms with E-state index >= 15 is 0 Å². The van der Waals surface area contributed by atoms with Gasteiger partial charge in [-0.05, 0) is 56.0 Å². The van der Waals surface area contributed by atoms with E-state index in [1.165, 1.54) is 5.70 Å². The van der Waals surface area contributed by atoms with Crippen molar-refractivity contribution < 1.29 is 9.69 Å². The van der Waals surface area contributed by atoms with Gasteiger partial charge in [0.05, 0.1) is 12.4 Å². The second-order valence-corrected chi connectivity index (χ2v) is 8.53. The Balaban J connectivity index is 1.29. The number of fused-ring (bicyclic) bond motifs is 1. The van der Waals surface area contributed by atoms with Crippen LogP contribution >= 0.6 is 11.9 Å². The number of carbonyl (C=O) groups is 1. The first-order valence-corrected chi connectivity index (χ1v) is 10.4. The van der Waals surface area contributed by atoms with Crippen molar-refractivity contribution in [2.75, 3.05) is 17.2 Å². The average Bonchev–Trinajstić information content (AvgIpc) is 3.32. The molecule has 2 aromatic rings. The molecule has 1 fully saturated rings. The van der Waals surface area contributed by atoms with E-state index in [9.17, 15) is 4.79 Å². The van der Waals surface area contributed by atoms with Crippen LogP contribution in [0.5, 0.6) is 0 Å². The lowest BCUT2D eigenvalue weighted by molar-refractivity contribution is -0.708. The molecule has 1 aromatic heterocycles. The van der Waals surface area contributed by atoms with Crippen molar-refractivity contribution >= 4 is 35.7 Å². The molecular formula is C20H22N7OS+. The molecule has 3 aliphatic rings. The summed E-state index contributed by atoms with van der Waals surface area (Å²) >= 11 is 1.65. The summed E-state index contributed by atoms with van der Waals surface area (Å²) in [6, 6.07) is 9.94. The van der Waals surface area contributed by atoms with Gasteiger partial charge in [0.1, 0.15) is 6.54 Å². The first-order valence-electron chi connectivity index (χ1n) is 9.60. The summed E-state index contributed by atoms with van der Waals surface area (Å²) < 4.78 is 2.17. The smallest absolute Gasteiger partial charge is 0.233 e. The summed E-state index contributed by atoms with van der Waals surface area (Å²) in [5, 5.41) is 13.6. The normalized spacial score (nSPS) is 20.2. The quantitative estimate of drug-likeness (QED) is 0.550. The molecule has 0 spiro atoms. The maximum Gasteiger partial charge on any atom is 0.233 e. The van der Waals surface area contributed by atoms with Crippen molar-refractivity contribution in [1.29, 1.82) is 0 Å². The van der Waals surface area contributed by atoms with E-state index in [-0.39, 0.29) is 11.8 Å². The van der Waals surface area contributed by atoms with Gasteiger partial charge >= 0.3 is 0 Å². The van der Waals surface area contributed by atoms with E-state index < -0.39 is 0 Å². The van der Waals surface area contributed by atoms with Crippen LogP contribution in [0, 0.1) is 12.8 Å². The fourth-order valence-corrected chi connectivity index (χ4v) is 4.14. The molecule has 0 saturated heterocycles. The Labute approximate surface area is 172 Å². The summed E-state index contributed by atoms with van der Waals surface area (Å²) in [6.45, 7) is 2.74. The molecule has 1 saturated carbocycles. The number of aromatic nitrogens is 2. The van der Waals surface area contributed by atoms with Gasteiger partial charge in [0.25, 0.3) is 0 Å². The zero-order valence-corrected chi connectivity index (χ0v) is 16.8. The van der Waals surface area contributed by atoms with Crippen molar-refractivity contribution in [3.63, 3.8) is 0 Å². The number of aryl methyl sites for hydroxylation is 1. The summed E-state index contributed by atoms with van der Waals surface area (Å²) in [4.78, 5) is 18.4. The molecule has 2 aliphatic heterocycles. The van der Waals surface area contributed by atoms with E-state index in [0.29, 0.717) is 0 Å². The third kappa shape index (κ3) is 4.06. The van der Waals surface area contributed by atoms with Gasteiger partial charge in [-0.15, -0.1) is 0 Å². The van der Waals surface area contributed by atoms with Gasteiger partial charge in [0, 0.05) is 28.3 Å². The number of nitrogens with one attached hydrogen (secondary N) is 4. The zero-order valence-electron chi connectivity index (χ0n) is 16.0. The maximum absolute atomic E-state index is 11.9. The standard InChI is InChI=1S/C20H21N7OS/c1-13-8-18(25-24-13)23-19-11-26(10-16-9-21-12-27(16)19)29-17-6-4-15(5-7-17)22-20(28)14-2-3-14/h4-9,11-12,14H,2-3,10H2,1H3,(H,22,28)(H2,23,24,25)/p+1. The number of aromatic amines is 1. The number of nitrogens with zero attached hydrogens (tertiary/aromatic N) is 3. The van der Waals surface area contributed by atoms with Gasteiger partial charge in [-0.3, -0.25) is 15.2 Å². The van der Waals surface area contributed by atoms with Crippen LogP contribution in [0.3, 0.4) is 0 Å². The molecule has 8 nitrogen and oxygen atoms in total. The van der Waals surface area contributed by atoms with E-state index in [2.05, 4.69) is 36.3 Å². The topological polar surface area (TPSA) is 89.8 Å². The largest absolute Gasteiger partial charge is 0.326 e. The minimum absolute atomic E-state index is 0.130. The van der Waals surface area contributed by atoms with Crippen molar-refractivity contribution in [3.8, 4) is 0 Å². The summed E-state index contributed by atoms with van der Waals surface area (Å²) in [5.74, 6) is 2.09. The van der Waals surface area contributed by atoms with Crippen molar-refractivity contribution in [2.45, 2.75) is 24.7 Å². The number of anilines is 2. The van der Waals surface area contributed by atoms with Gasteiger partial charge < -0.3 is 9.62 Å². The lowest BCUT2D eigenvalue weighted by Crippen LogP contribution is -3.08. The minimum Gasteiger partial charge on any atom is -0.326 e. The van der Waals surface area contributed by atoms with Crippen LogP contribution in [0.15, 0.2) is 64.1 Å². The Hall–Kier alpha value is -3.04. The third-order valence-corrected chi connectivity index (χ3v) is 5.88. The van der Waals surface area contributed by atoms with E-state index in [1.807, 2.05) is 49.8 Å². The first-order chi connectivity index (χ1) is 14.1. The monoisotopic (exact) mass is 408 g/mol. The number of H-pyrrole nitrogens is 1. The van der Waals surface area contributed by atoms with Gasteiger partial charge in [-0.2, -0.15) is 5.10 Å². The number of hydrogen-bond acceptors (Lipinski definition) is 6. The van der Waals surface area contributed by atoms with Crippen LogP contribution in [-0.4, -0.2) is 33.3 Å². The fraction of sp³-hybridized carbons (Fsp3) is 0.250. The van der Waals surface area contributed by atoms with Crippen molar-refractivity contribution in [2.24, 2.45) is 10.9 Å². The number of amides is 1. The molecule has 0 bridgehead atoms. The average molecular weight is 409 g/mol. The Kier molecular flexibility index (Phi) is 4.61. The van der Waals surface area contributed by atoms with Gasteiger partial charge in [0.2, 0.25) is 11.7 Å². The summed E-state index contributed by atoms with van der Waals surface area (Å²) in [7, 11) is 0. The van der Waals surface area contributed by atoms with Crippen LogP contribution in [0.4, 0.5) is 11.5 Å². The Morgan fingerprint density at radius 3 is 2.86 bits per heavy atom. The summed E-state index contributed by atoms with van der Waals surface area (Å²) in [5.41, 5.74) is 3.02. The van der Waals surface area contributed by atoms with Crippen LogP contribution in [0.25, 0.3) is 0 Å². The van der Waals surface area contributed by atoms with E-state index in [1.54, 1.807) is 11.9 Å². The number of quaternary nitrogens is 1. The molecule has 9 heteroatoms. The van der Waals surface area contributed by atoms with Crippen LogP contribution in [-0.2, 0) is 4.79 Å². The zero-order chi connectivity index (χ0) is 19.8. The molecule has 1 unspecified atom stereocenters. The third-order valence-electron chi connectivity index (χ3n) is 4.93. The van der Waals surface area contributed by atoms with Crippen molar-refractivity contribution in [1.82, 2.24) is 14.5 Å². The fourth-order valence-electron chi connectivity index (χ4n) is 3.25. The highest BCUT2D eigenvalue weighted by atomic mass is 32.2. The highest BCUT2D eigenvalue weighted by Gasteiger charge is 2.31. The molecule has 3 heterocycles. The second kappa shape index (κ2) is 7.41. The van der Waals surface area contributed by atoms with Crippen LogP contribution in [0.2, 0.25) is 0 Å². The molecule has 1 atom stereocenters.